The number of ether oxygens (including phenoxy) is 1. The van der Waals surface area contributed by atoms with Crippen molar-refractivity contribution in [2.24, 2.45) is 34.5 Å². The van der Waals surface area contributed by atoms with Crippen LogP contribution in [0.15, 0.2) is 23.0 Å². The second-order valence-electron chi connectivity index (χ2n) is 10.5. The Balaban J connectivity index is 1.64. The first-order valence-electron chi connectivity index (χ1n) is 11.3. The summed E-state index contributed by atoms with van der Waals surface area (Å²) < 4.78 is 5.54. The lowest BCUT2D eigenvalue weighted by Crippen LogP contribution is -2.49. The minimum atomic E-state index is -0.327. The van der Waals surface area contributed by atoms with E-state index in [1.165, 1.54) is 5.57 Å². The number of allylic oxidation sites excluding steroid dienone is 3. The number of esters is 1. The van der Waals surface area contributed by atoms with E-state index in [4.69, 9.17) is 4.74 Å². The zero-order valence-electron chi connectivity index (χ0n) is 18.3. The Kier molecular flexibility index (Phi) is 5.11. The van der Waals surface area contributed by atoms with Crippen LogP contribution >= 0.6 is 0 Å². The summed E-state index contributed by atoms with van der Waals surface area (Å²) >= 11 is 0. The normalized spacial score (nSPS) is 40.5. The first-order chi connectivity index (χ1) is 13.7. The minimum absolute atomic E-state index is 0.0588. The van der Waals surface area contributed by atoms with Gasteiger partial charge in [0, 0.05) is 6.42 Å². The summed E-state index contributed by atoms with van der Waals surface area (Å²) in [6.07, 6.45) is 10.6. The molecule has 0 aromatic carbocycles. The van der Waals surface area contributed by atoms with Crippen molar-refractivity contribution in [3.63, 3.8) is 0 Å². The first-order valence-corrected chi connectivity index (χ1v) is 11.3. The Labute approximate surface area is 174 Å². The van der Waals surface area contributed by atoms with Crippen molar-refractivity contribution >= 4 is 18.0 Å². The van der Waals surface area contributed by atoms with Gasteiger partial charge in [0.2, 0.25) is 0 Å². The lowest BCUT2D eigenvalue weighted by Gasteiger charge is -2.57. The highest BCUT2D eigenvalue weighted by Crippen LogP contribution is 2.66. The third-order valence-corrected chi connectivity index (χ3v) is 8.83. The number of hydrogen-bond donors (Lipinski definition) is 0. The quantitative estimate of drug-likeness (QED) is 0.285. The van der Waals surface area contributed by atoms with Crippen molar-refractivity contribution in [2.45, 2.75) is 79.1 Å². The summed E-state index contributed by atoms with van der Waals surface area (Å²) in [5.41, 5.74) is 2.54. The van der Waals surface area contributed by atoms with Gasteiger partial charge in [0.05, 0.1) is 5.92 Å². The zero-order valence-corrected chi connectivity index (χ0v) is 18.3. The topological polar surface area (TPSA) is 60.4 Å². The summed E-state index contributed by atoms with van der Waals surface area (Å²) in [5.74, 6) is 1.76. The van der Waals surface area contributed by atoms with Crippen molar-refractivity contribution in [1.82, 2.24) is 0 Å². The summed E-state index contributed by atoms with van der Waals surface area (Å²) in [6.45, 7) is 8.27. The predicted octanol–water partition coefficient (Wildman–Crippen LogP) is 5.17. The molecular formula is C25H34O4. The van der Waals surface area contributed by atoms with Crippen LogP contribution in [0.25, 0.3) is 0 Å². The van der Waals surface area contributed by atoms with Gasteiger partial charge in [-0.2, -0.15) is 0 Å². The molecule has 0 aromatic rings. The maximum atomic E-state index is 12.1. The van der Waals surface area contributed by atoms with E-state index >= 15 is 0 Å². The summed E-state index contributed by atoms with van der Waals surface area (Å²) in [7, 11) is 0. The highest BCUT2D eigenvalue weighted by atomic mass is 16.5. The number of ketones is 1. The molecule has 4 aliphatic carbocycles. The molecule has 4 rings (SSSR count). The number of aldehydes is 1. The Morgan fingerprint density at radius 3 is 2.48 bits per heavy atom. The van der Waals surface area contributed by atoms with Crippen LogP contribution < -0.4 is 0 Å². The lowest BCUT2D eigenvalue weighted by atomic mass is 9.47. The third-order valence-electron chi connectivity index (χ3n) is 8.83. The SMILES string of the molecule is CC(C)C(=O)O/C(C=O)=C1/CC[C@H]2[C@@H]3CCC4=CC(=O)CC[C@]4(C)[C@H]3CC[C@]12C. The second-order valence-corrected chi connectivity index (χ2v) is 10.5. The molecule has 158 valence electrons. The molecule has 29 heavy (non-hydrogen) atoms. The molecule has 5 atom stereocenters. The molecule has 4 nitrogen and oxygen atoms in total. The first kappa shape index (κ1) is 20.6. The molecule has 0 spiro atoms. The van der Waals surface area contributed by atoms with Crippen LogP contribution in [0.4, 0.5) is 0 Å². The molecule has 0 saturated heterocycles. The number of fused-ring (bicyclic) bond motifs is 5. The molecule has 0 aliphatic heterocycles. The van der Waals surface area contributed by atoms with E-state index in [9.17, 15) is 14.4 Å². The predicted molar refractivity (Wildman–Crippen MR) is 111 cm³/mol. The molecule has 3 saturated carbocycles. The van der Waals surface area contributed by atoms with Crippen molar-refractivity contribution in [3.05, 3.63) is 23.0 Å². The fourth-order valence-corrected chi connectivity index (χ4v) is 7.16. The molecule has 0 amide bonds. The molecule has 3 fully saturated rings. The van der Waals surface area contributed by atoms with Gasteiger partial charge in [-0.3, -0.25) is 14.4 Å². The van der Waals surface area contributed by atoms with Gasteiger partial charge in [-0.1, -0.05) is 33.3 Å². The molecule has 0 aromatic heterocycles. The summed E-state index contributed by atoms with van der Waals surface area (Å²) in [5, 5.41) is 0. The minimum Gasteiger partial charge on any atom is -0.423 e. The fourth-order valence-electron chi connectivity index (χ4n) is 7.16. The van der Waals surface area contributed by atoms with Crippen molar-refractivity contribution < 1.29 is 19.1 Å². The van der Waals surface area contributed by atoms with Crippen LogP contribution in [0.2, 0.25) is 0 Å². The van der Waals surface area contributed by atoms with Gasteiger partial charge < -0.3 is 4.74 Å². The number of hydrogen-bond acceptors (Lipinski definition) is 4. The van der Waals surface area contributed by atoms with Crippen molar-refractivity contribution in [1.29, 1.82) is 0 Å². The van der Waals surface area contributed by atoms with Crippen LogP contribution in [0.3, 0.4) is 0 Å². The van der Waals surface area contributed by atoms with E-state index in [2.05, 4.69) is 13.8 Å². The monoisotopic (exact) mass is 398 g/mol. The smallest absolute Gasteiger partial charge is 0.313 e. The second kappa shape index (κ2) is 7.21. The molecule has 4 heteroatoms. The third kappa shape index (κ3) is 3.14. The largest absolute Gasteiger partial charge is 0.423 e. The van der Waals surface area contributed by atoms with Crippen molar-refractivity contribution in [2.75, 3.05) is 0 Å². The van der Waals surface area contributed by atoms with Crippen LogP contribution in [-0.4, -0.2) is 18.0 Å². The highest BCUT2D eigenvalue weighted by Gasteiger charge is 2.58. The summed E-state index contributed by atoms with van der Waals surface area (Å²) in [6, 6.07) is 0. The standard InChI is InChI=1S/C25H34O4/c1-15(2)23(28)29-22(14-26)21-8-7-19-18-6-5-16-13-17(27)9-11-24(16,3)20(18)10-12-25(19,21)4/h13-15,18-20H,5-12H2,1-4H3/b22-21-/t18-,19-,20-,24-,25-/m0/s1. The van der Waals surface area contributed by atoms with E-state index < -0.39 is 0 Å². The molecule has 0 heterocycles. The lowest BCUT2D eigenvalue weighted by molar-refractivity contribution is -0.144. The average Bonchev–Trinajstić information content (AvgIpc) is 3.03. The Morgan fingerprint density at radius 1 is 1.07 bits per heavy atom. The molecule has 0 N–H and O–H groups in total. The molecular weight excluding hydrogens is 364 g/mol. The van der Waals surface area contributed by atoms with E-state index in [-0.39, 0.29) is 28.5 Å². The Hall–Kier alpha value is -1.71. The van der Waals surface area contributed by atoms with E-state index in [1.54, 1.807) is 13.8 Å². The van der Waals surface area contributed by atoms with Gasteiger partial charge in [0.1, 0.15) is 0 Å². The molecule has 0 unspecified atom stereocenters. The van der Waals surface area contributed by atoms with Gasteiger partial charge in [-0.15, -0.1) is 0 Å². The number of carbonyl (C=O) groups excluding carboxylic acids is 3. The van der Waals surface area contributed by atoms with E-state index in [1.807, 2.05) is 6.08 Å². The number of rotatable bonds is 3. The van der Waals surface area contributed by atoms with E-state index in [0.29, 0.717) is 30.0 Å². The molecule has 4 aliphatic rings. The highest BCUT2D eigenvalue weighted by molar-refractivity contribution is 5.91. The van der Waals surface area contributed by atoms with Gasteiger partial charge in [-0.25, -0.2) is 0 Å². The average molecular weight is 399 g/mol. The van der Waals surface area contributed by atoms with Gasteiger partial charge in [0.15, 0.2) is 17.8 Å². The Morgan fingerprint density at radius 2 is 1.79 bits per heavy atom. The van der Waals surface area contributed by atoms with Crippen molar-refractivity contribution in [3.8, 4) is 0 Å². The van der Waals surface area contributed by atoms with Gasteiger partial charge in [-0.05, 0) is 85.2 Å². The number of carbonyl (C=O) groups is 3. The van der Waals surface area contributed by atoms with Crippen LogP contribution in [0.5, 0.6) is 0 Å². The maximum absolute atomic E-state index is 12.1. The van der Waals surface area contributed by atoms with Gasteiger partial charge in [0.25, 0.3) is 0 Å². The summed E-state index contributed by atoms with van der Waals surface area (Å²) in [4.78, 5) is 36.0. The van der Waals surface area contributed by atoms with Gasteiger partial charge >= 0.3 is 5.97 Å². The molecule has 0 radical (unpaired) electrons. The van der Waals surface area contributed by atoms with Crippen LogP contribution in [0.1, 0.15) is 79.1 Å². The van der Waals surface area contributed by atoms with Crippen LogP contribution in [-0.2, 0) is 19.1 Å². The Bertz CT molecular complexity index is 804. The van der Waals surface area contributed by atoms with E-state index in [0.717, 1.165) is 56.8 Å². The molecule has 0 bridgehead atoms. The zero-order chi connectivity index (χ0) is 21.0. The van der Waals surface area contributed by atoms with Crippen LogP contribution in [0, 0.1) is 34.5 Å². The fraction of sp³-hybridized carbons (Fsp3) is 0.720. The maximum Gasteiger partial charge on any atom is 0.313 e.